The van der Waals surface area contributed by atoms with Gasteiger partial charge in [-0.25, -0.2) is 4.79 Å². The Morgan fingerprint density at radius 2 is 2.19 bits per heavy atom. The molecule has 0 amide bonds. The lowest BCUT2D eigenvalue weighted by Gasteiger charge is -2.24. The standard InChI is InChI=1S/C12H15BrN2O6/c1-12(5-16)8(18)7(17)10(21-12)15-4-6(2-3-13)9(19)14-11(15)20/h2-4,7-8,10,16-18H,5H2,1H3,(H,14,19,20)/b3-2+. The molecule has 1 fully saturated rings. The average molecular weight is 363 g/mol. The molecule has 0 spiro atoms. The van der Waals surface area contributed by atoms with Crippen molar-refractivity contribution in [2.24, 2.45) is 0 Å². The van der Waals surface area contributed by atoms with E-state index in [1.54, 1.807) is 0 Å². The second-order valence-electron chi connectivity index (χ2n) is 4.96. The number of rotatable bonds is 3. The lowest BCUT2D eigenvalue weighted by molar-refractivity contribution is -0.117. The van der Waals surface area contributed by atoms with Crippen LogP contribution in [0.2, 0.25) is 0 Å². The summed E-state index contributed by atoms with van der Waals surface area (Å²) in [7, 11) is 0. The van der Waals surface area contributed by atoms with E-state index >= 15 is 0 Å². The van der Waals surface area contributed by atoms with E-state index in [4.69, 9.17) is 4.74 Å². The zero-order chi connectivity index (χ0) is 15.8. The number of hydrogen-bond acceptors (Lipinski definition) is 6. The Kier molecular flexibility index (Phi) is 4.49. The number of halogens is 1. The van der Waals surface area contributed by atoms with Gasteiger partial charge in [0.15, 0.2) is 6.23 Å². The third-order valence-corrected chi connectivity index (χ3v) is 3.72. The van der Waals surface area contributed by atoms with Crippen LogP contribution in [0.4, 0.5) is 0 Å². The Morgan fingerprint density at radius 3 is 2.71 bits per heavy atom. The van der Waals surface area contributed by atoms with Gasteiger partial charge >= 0.3 is 5.69 Å². The SMILES string of the molecule is CC1(CO)OC(n2cc(/C=C/Br)c(=O)[nH]c2=O)C(O)C1O. The number of nitrogens with one attached hydrogen (secondary N) is 1. The lowest BCUT2D eigenvalue weighted by Crippen LogP contribution is -2.43. The number of aromatic amines is 1. The molecule has 1 aliphatic rings. The van der Waals surface area contributed by atoms with Gasteiger partial charge in [0.1, 0.15) is 17.8 Å². The van der Waals surface area contributed by atoms with Crippen molar-refractivity contribution in [1.82, 2.24) is 9.55 Å². The molecular formula is C12H15BrN2O6. The maximum absolute atomic E-state index is 11.9. The Morgan fingerprint density at radius 1 is 1.52 bits per heavy atom. The molecule has 0 bridgehead atoms. The molecule has 116 valence electrons. The molecule has 1 aliphatic heterocycles. The molecule has 2 rings (SSSR count). The van der Waals surface area contributed by atoms with Crippen LogP contribution in [0.25, 0.3) is 6.08 Å². The number of ether oxygens (including phenoxy) is 1. The number of aliphatic hydroxyl groups excluding tert-OH is 3. The Hall–Kier alpha value is -1.26. The molecule has 1 aromatic rings. The van der Waals surface area contributed by atoms with Crippen LogP contribution < -0.4 is 11.2 Å². The molecule has 0 aliphatic carbocycles. The van der Waals surface area contributed by atoms with E-state index in [0.29, 0.717) is 0 Å². The minimum Gasteiger partial charge on any atom is -0.393 e. The second-order valence-corrected chi connectivity index (χ2v) is 5.49. The number of hydrogen-bond donors (Lipinski definition) is 4. The van der Waals surface area contributed by atoms with Crippen LogP contribution >= 0.6 is 15.9 Å². The maximum atomic E-state index is 11.9. The van der Waals surface area contributed by atoms with Crippen LogP contribution in [0.5, 0.6) is 0 Å². The molecule has 4 atom stereocenters. The van der Waals surface area contributed by atoms with Crippen molar-refractivity contribution in [3.63, 3.8) is 0 Å². The van der Waals surface area contributed by atoms with Gasteiger partial charge in [-0.05, 0) is 18.0 Å². The summed E-state index contributed by atoms with van der Waals surface area (Å²) in [6.07, 6.45) is -1.39. The predicted octanol–water partition coefficient (Wildman–Crippen LogP) is -1.10. The highest BCUT2D eigenvalue weighted by molar-refractivity contribution is 9.11. The van der Waals surface area contributed by atoms with Crippen LogP contribution in [-0.2, 0) is 4.74 Å². The van der Waals surface area contributed by atoms with Crippen LogP contribution in [0.15, 0.2) is 20.8 Å². The fourth-order valence-corrected chi connectivity index (χ4v) is 2.45. The van der Waals surface area contributed by atoms with Crippen molar-refractivity contribution < 1.29 is 20.1 Å². The third kappa shape index (κ3) is 2.74. The van der Waals surface area contributed by atoms with E-state index in [1.807, 2.05) is 0 Å². The molecule has 2 heterocycles. The predicted molar refractivity (Wildman–Crippen MR) is 76.9 cm³/mol. The summed E-state index contributed by atoms with van der Waals surface area (Å²) >= 11 is 3.02. The molecule has 1 aromatic heterocycles. The summed E-state index contributed by atoms with van der Waals surface area (Å²) in [6, 6.07) is 0. The summed E-state index contributed by atoms with van der Waals surface area (Å²) < 4.78 is 6.39. The molecule has 1 saturated heterocycles. The Balaban J connectivity index is 2.50. The number of H-pyrrole nitrogens is 1. The highest BCUT2D eigenvalue weighted by atomic mass is 79.9. The fraction of sp³-hybridized carbons (Fsp3) is 0.500. The van der Waals surface area contributed by atoms with Crippen molar-refractivity contribution in [3.05, 3.63) is 37.6 Å². The number of aromatic nitrogens is 2. The van der Waals surface area contributed by atoms with Gasteiger partial charge in [0, 0.05) is 6.20 Å². The van der Waals surface area contributed by atoms with Crippen molar-refractivity contribution >= 4 is 22.0 Å². The molecule has 0 aromatic carbocycles. The lowest BCUT2D eigenvalue weighted by atomic mass is 9.99. The van der Waals surface area contributed by atoms with Gasteiger partial charge in [0.25, 0.3) is 5.56 Å². The normalized spacial score (nSPS) is 32.9. The van der Waals surface area contributed by atoms with Gasteiger partial charge in [-0.15, -0.1) is 0 Å². The van der Waals surface area contributed by atoms with Gasteiger partial charge in [-0.2, -0.15) is 0 Å². The smallest absolute Gasteiger partial charge is 0.330 e. The maximum Gasteiger partial charge on any atom is 0.330 e. The first kappa shape index (κ1) is 16.1. The van der Waals surface area contributed by atoms with Crippen LogP contribution in [0.1, 0.15) is 18.7 Å². The van der Waals surface area contributed by atoms with E-state index in [9.17, 15) is 24.9 Å². The fourth-order valence-electron chi connectivity index (χ4n) is 2.16. The monoisotopic (exact) mass is 362 g/mol. The molecule has 8 nitrogen and oxygen atoms in total. The van der Waals surface area contributed by atoms with Gasteiger partial charge < -0.3 is 20.1 Å². The molecule has 0 saturated carbocycles. The van der Waals surface area contributed by atoms with E-state index in [-0.39, 0.29) is 5.56 Å². The largest absolute Gasteiger partial charge is 0.393 e. The third-order valence-electron chi connectivity index (χ3n) is 3.46. The molecule has 4 N–H and O–H groups in total. The summed E-state index contributed by atoms with van der Waals surface area (Å²) in [5.74, 6) is 0. The van der Waals surface area contributed by atoms with Crippen molar-refractivity contribution in [2.75, 3.05) is 6.61 Å². The number of aliphatic hydroxyl groups is 3. The van der Waals surface area contributed by atoms with E-state index in [0.717, 1.165) is 4.57 Å². The first-order chi connectivity index (χ1) is 9.84. The van der Waals surface area contributed by atoms with Crippen LogP contribution in [0.3, 0.4) is 0 Å². The molecular weight excluding hydrogens is 348 g/mol. The summed E-state index contributed by atoms with van der Waals surface area (Å²) in [5, 5.41) is 29.2. The quantitative estimate of drug-likeness (QED) is 0.541. The minimum atomic E-state index is -1.42. The molecule has 9 heteroatoms. The van der Waals surface area contributed by atoms with Crippen molar-refractivity contribution in [1.29, 1.82) is 0 Å². The topological polar surface area (TPSA) is 125 Å². The van der Waals surface area contributed by atoms with E-state index < -0.39 is 41.9 Å². The molecule has 21 heavy (non-hydrogen) atoms. The zero-order valence-electron chi connectivity index (χ0n) is 11.1. The van der Waals surface area contributed by atoms with E-state index in [2.05, 4.69) is 20.9 Å². The Labute approximate surface area is 127 Å². The second kappa shape index (κ2) is 5.85. The highest BCUT2D eigenvalue weighted by Gasteiger charge is 2.51. The van der Waals surface area contributed by atoms with Gasteiger partial charge in [0.2, 0.25) is 0 Å². The van der Waals surface area contributed by atoms with Crippen molar-refractivity contribution in [3.8, 4) is 0 Å². The Bertz CT molecular complexity index is 668. The van der Waals surface area contributed by atoms with Crippen LogP contribution in [0, 0.1) is 0 Å². The van der Waals surface area contributed by atoms with Gasteiger partial charge in [-0.3, -0.25) is 14.3 Å². The first-order valence-corrected chi connectivity index (χ1v) is 7.02. The van der Waals surface area contributed by atoms with Gasteiger partial charge in [0.05, 0.1) is 12.2 Å². The summed E-state index contributed by atoms with van der Waals surface area (Å²) in [5.41, 5.74) is -2.62. The first-order valence-electron chi connectivity index (χ1n) is 6.11. The average Bonchev–Trinajstić information content (AvgIpc) is 2.67. The minimum absolute atomic E-state index is 0.161. The van der Waals surface area contributed by atoms with Gasteiger partial charge in [-0.1, -0.05) is 15.9 Å². The zero-order valence-corrected chi connectivity index (χ0v) is 12.6. The van der Waals surface area contributed by atoms with Crippen molar-refractivity contribution in [2.45, 2.75) is 31.0 Å². The number of nitrogens with zero attached hydrogens (tertiary/aromatic N) is 1. The summed E-state index contributed by atoms with van der Waals surface area (Å²) in [4.78, 5) is 27.0. The van der Waals surface area contributed by atoms with E-state index in [1.165, 1.54) is 24.2 Å². The highest BCUT2D eigenvalue weighted by Crippen LogP contribution is 2.35. The summed E-state index contributed by atoms with van der Waals surface area (Å²) in [6.45, 7) is 0.880. The molecule has 4 unspecified atom stereocenters. The van der Waals surface area contributed by atoms with Crippen LogP contribution in [-0.4, -0.2) is 49.3 Å². The molecule has 0 radical (unpaired) electrons.